The Kier molecular flexibility index (Phi) is 4.75. The third-order valence-corrected chi connectivity index (χ3v) is 3.70. The van der Waals surface area contributed by atoms with Crippen molar-refractivity contribution in [2.24, 2.45) is 0 Å². The van der Waals surface area contributed by atoms with Crippen LogP contribution >= 0.6 is 0 Å². The van der Waals surface area contributed by atoms with Crippen LogP contribution in [0.5, 0.6) is 0 Å². The Labute approximate surface area is 119 Å². The average molecular weight is 280 g/mol. The Hall–Kier alpha value is -1.43. The molecular formula is C14H24N4O2. The number of rotatable bonds is 5. The van der Waals surface area contributed by atoms with Crippen LogP contribution in [-0.2, 0) is 16.1 Å². The van der Waals surface area contributed by atoms with Gasteiger partial charge in [0.15, 0.2) is 5.82 Å². The monoisotopic (exact) mass is 280 g/mol. The fourth-order valence-electron chi connectivity index (χ4n) is 2.51. The van der Waals surface area contributed by atoms with Gasteiger partial charge in [-0.25, -0.2) is 9.67 Å². The van der Waals surface area contributed by atoms with E-state index in [0.29, 0.717) is 12.3 Å². The Balaban J connectivity index is 2.17. The molecule has 1 aliphatic heterocycles. The van der Waals surface area contributed by atoms with Crippen molar-refractivity contribution in [1.82, 2.24) is 20.1 Å². The normalized spacial score (nSPS) is 19.8. The molecule has 20 heavy (non-hydrogen) atoms. The van der Waals surface area contributed by atoms with Gasteiger partial charge in [-0.05, 0) is 19.3 Å². The molecule has 2 heterocycles. The first-order valence-electron chi connectivity index (χ1n) is 7.35. The highest BCUT2D eigenvalue weighted by Crippen LogP contribution is 2.25. The molecule has 0 aliphatic carbocycles. The highest BCUT2D eigenvalue weighted by molar-refractivity contribution is 5.75. The molecular weight excluding hydrogens is 256 g/mol. The first kappa shape index (κ1) is 15.0. The molecule has 0 radical (unpaired) electrons. The van der Waals surface area contributed by atoms with Gasteiger partial charge >= 0.3 is 5.97 Å². The molecule has 1 aromatic heterocycles. The highest BCUT2D eigenvalue weighted by atomic mass is 16.5. The summed E-state index contributed by atoms with van der Waals surface area (Å²) in [7, 11) is 1.42. The van der Waals surface area contributed by atoms with Crippen LogP contribution in [0.1, 0.15) is 63.6 Å². The topological polar surface area (TPSA) is 69.0 Å². The lowest BCUT2D eigenvalue weighted by Crippen LogP contribution is -2.41. The maximum Gasteiger partial charge on any atom is 0.322 e. The number of carbonyl (C=O) groups is 1. The van der Waals surface area contributed by atoms with Gasteiger partial charge in [-0.15, -0.1) is 0 Å². The molecule has 2 rings (SSSR count). The second-order valence-corrected chi connectivity index (χ2v) is 5.55. The van der Waals surface area contributed by atoms with Crippen molar-refractivity contribution < 1.29 is 9.53 Å². The van der Waals surface area contributed by atoms with E-state index in [2.05, 4.69) is 29.2 Å². The van der Waals surface area contributed by atoms with Gasteiger partial charge in [0.25, 0.3) is 0 Å². The highest BCUT2D eigenvalue weighted by Gasteiger charge is 2.29. The summed E-state index contributed by atoms with van der Waals surface area (Å²) in [5, 5.41) is 7.91. The van der Waals surface area contributed by atoms with Crippen molar-refractivity contribution in [2.75, 3.05) is 7.11 Å². The van der Waals surface area contributed by atoms with Crippen LogP contribution < -0.4 is 5.32 Å². The molecule has 0 bridgehead atoms. The molecule has 0 spiro atoms. The zero-order chi connectivity index (χ0) is 14.7. The molecule has 1 N–H and O–H groups in total. The van der Waals surface area contributed by atoms with Crippen molar-refractivity contribution in [2.45, 2.75) is 64.6 Å². The van der Waals surface area contributed by atoms with Crippen molar-refractivity contribution in [3.05, 3.63) is 11.6 Å². The number of nitrogens with zero attached hydrogens (tertiary/aromatic N) is 3. The summed E-state index contributed by atoms with van der Waals surface area (Å²) in [4.78, 5) is 16.4. The van der Waals surface area contributed by atoms with E-state index in [1.54, 1.807) is 0 Å². The number of hydrogen-bond donors (Lipinski definition) is 1. The minimum Gasteiger partial charge on any atom is -0.468 e. The zero-order valence-electron chi connectivity index (χ0n) is 12.7. The Morgan fingerprint density at radius 2 is 2.30 bits per heavy atom. The Bertz CT molecular complexity index is 470. The molecule has 2 atom stereocenters. The van der Waals surface area contributed by atoms with E-state index in [1.807, 2.05) is 11.6 Å². The predicted molar refractivity (Wildman–Crippen MR) is 75.3 cm³/mol. The van der Waals surface area contributed by atoms with Crippen LogP contribution in [0.3, 0.4) is 0 Å². The third-order valence-electron chi connectivity index (χ3n) is 3.70. The van der Waals surface area contributed by atoms with Crippen molar-refractivity contribution in [3.8, 4) is 0 Å². The summed E-state index contributed by atoms with van der Waals surface area (Å²) in [5.74, 6) is 1.92. The van der Waals surface area contributed by atoms with Crippen LogP contribution in [0, 0.1) is 0 Å². The molecule has 0 fully saturated rings. The number of carbonyl (C=O) groups excluding carboxylic acids is 1. The predicted octanol–water partition coefficient (Wildman–Crippen LogP) is 1.78. The van der Waals surface area contributed by atoms with E-state index in [1.165, 1.54) is 7.11 Å². The second-order valence-electron chi connectivity index (χ2n) is 5.55. The standard InChI is InChI=1S/C14H24N4O2/c1-5-10(14(19)20-4)15-11-7-6-8-18-13(11)16-12(17-18)9(2)3/h9-11,15H,5-8H2,1-4H3/t10-,11-/m1/s1. The van der Waals surface area contributed by atoms with Crippen molar-refractivity contribution >= 4 is 5.97 Å². The van der Waals surface area contributed by atoms with Gasteiger partial charge < -0.3 is 4.74 Å². The minimum atomic E-state index is -0.282. The number of esters is 1. The Morgan fingerprint density at radius 3 is 2.90 bits per heavy atom. The van der Waals surface area contributed by atoms with Gasteiger partial charge in [-0.1, -0.05) is 20.8 Å². The molecule has 0 unspecified atom stereocenters. The summed E-state index contributed by atoms with van der Waals surface area (Å²) < 4.78 is 6.80. The van der Waals surface area contributed by atoms with Gasteiger partial charge in [-0.2, -0.15) is 5.10 Å². The quantitative estimate of drug-likeness (QED) is 0.833. The second kappa shape index (κ2) is 6.35. The number of nitrogens with one attached hydrogen (secondary N) is 1. The zero-order valence-corrected chi connectivity index (χ0v) is 12.7. The van der Waals surface area contributed by atoms with Gasteiger partial charge in [0.2, 0.25) is 0 Å². The summed E-state index contributed by atoms with van der Waals surface area (Å²) >= 11 is 0. The van der Waals surface area contributed by atoms with E-state index in [0.717, 1.165) is 31.0 Å². The number of methoxy groups -OCH3 is 1. The van der Waals surface area contributed by atoms with Crippen LogP contribution in [0.25, 0.3) is 0 Å². The molecule has 0 saturated heterocycles. The molecule has 6 nitrogen and oxygen atoms in total. The van der Waals surface area contributed by atoms with Gasteiger partial charge in [0.05, 0.1) is 13.2 Å². The lowest BCUT2D eigenvalue weighted by Gasteiger charge is -2.26. The molecule has 112 valence electrons. The smallest absolute Gasteiger partial charge is 0.322 e. The molecule has 1 aromatic rings. The first-order chi connectivity index (χ1) is 9.56. The molecule has 0 aromatic carbocycles. The van der Waals surface area contributed by atoms with E-state index in [9.17, 15) is 4.79 Å². The molecule has 0 amide bonds. The Morgan fingerprint density at radius 1 is 1.55 bits per heavy atom. The molecule has 0 saturated carbocycles. The van der Waals surface area contributed by atoms with E-state index >= 15 is 0 Å². The molecule has 1 aliphatic rings. The lowest BCUT2D eigenvalue weighted by molar-refractivity contribution is -0.143. The van der Waals surface area contributed by atoms with Crippen LogP contribution in [0.15, 0.2) is 0 Å². The minimum absolute atomic E-state index is 0.0767. The average Bonchev–Trinajstić information content (AvgIpc) is 2.88. The fourth-order valence-corrected chi connectivity index (χ4v) is 2.51. The number of ether oxygens (including phenoxy) is 1. The summed E-state index contributed by atoms with van der Waals surface area (Å²) in [5.41, 5.74) is 0. The van der Waals surface area contributed by atoms with Gasteiger partial charge in [-0.3, -0.25) is 10.1 Å². The number of fused-ring (bicyclic) bond motifs is 1. The number of aromatic nitrogens is 3. The van der Waals surface area contributed by atoms with E-state index in [4.69, 9.17) is 4.74 Å². The first-order valence-corrected chi connectivity index (χ1v) is 7.35. The largest absolute Gasteiger partial charge is 0.468 e. The maximum absolute atomic E-state index is 11.7. The van der Waals surface area contributed by atoms with Crippen LogP contribution in [-0.4, -0.2) is 33.9 Å². The molecule has 6 heteroatoms. The van der Waals surface area contributed by atoms with E-state index < -0.39 is 0 Å². The van der Waals surface area contributed by atoms with Crippen molar-refractivity contribution in [1.29, 1.82) is 0 Å². The maximum atomic E-state index is 11.7. The van der Waals surface area contributed by atoms with E-state index in [-0.39, 0.29) is 18.1 Å². The third kappa shape index (κ3) is 3.00. The summed E-state index contributed by atoms with van der Waals surface area (Å²) in [6, 6.07) is -0.205. The fraction of sp³-hybridized carbons (Fsp3) is 0.786. The number of aryl methyl sites for hydroxylation is 1. The van der Waals surface area contributed by atoms with Crippen molar-refractivity contribution in [3.63, 3.8) is 0 Å². The van der Waals surface area contributed by atoms with Crippen LogP contribution in [0.2, 0.25) is 0 Å². The SMILES string of the molecule is CC[C@@H](N[C@@H]1CCCn2nc(C(C)C)nc21)C(=O)OC. The lowest BCUT2D eigenvalue weighted by atomic mass is 10.1. The number of hydrogen-bond acceptors (Lipinski definition) is 5. The summed E-state index contributed by atoms with van der Waals surface area (Å²) in [6.45, 7) is 7.06. The van der Waals surface area contributed by atoms with Gasteiger partial charge in [0.1, 0.15) is 11.9 Å². The van der Waals surface area contributed by atoms with Crippen LogP contribution in [0.4, 0.5) is 0 Å². The summed E-state index contributed by atoms with van der Waals surface area (Å²) in [6.07, 6.45) is 2.72. The van der Waals surface area contributed by atoms with Gasteiger partial charge in [0, 0.05) is 12.5 Å².